The molecule has 30 heavy (non-hydrogen) atoms. The molecule has 0 bridgehead atoms. The number of hydrogen-bond donors (Lipinski definition) is 1. The maximum absolute atomic E-state index is 14.5. The van der Waals surface area contributed by atoms with Crippen LogP contribution in [0.15, 0.2) is 30.3 Å². The van der Waals surface area contributed by atoms with Crippen LogP contribution in [0, 0.1) is 19.7 Å². The third-order valence-corrected chi connectivity index (χ3v) is 6.46. The number of halogens is 4. The van der Waals surface area contributed by atoms with Crippen LogP contribution in [0.25, 0.3) is 10.9 Å². The lowest BCUT2D eigenvalue weighted by Gasteiger charge is -2.21. The van der Waals surface area contributed by atoms with Gasteiger partial charge in [-0.2, -0.15) is 13.2 Å². The molecule has 1 heterocycles. The lowest BCUT2D eigenvalue weighted by atomic mass is 9.97. The molecule has 0 amide bonds. The standard InChI is InChI=1S/C21H22F4N3OP/c1-11-14(7-6-8-16(11)21(23,24)25)12(2)26-20-15-9-19(30(4,5)29)17(22)10-18(15)27-13(3)28-20/h6-10,12H,1-5H3,(H,26,27,28). The van der Waals surface area contributed by atoms with Gasteiger partial charge in [0.1, 0.15) is 24.6 Å². The first-order chi connectivity index (χ1) is 13.8. The second-order valence-corrected chi connectivity index (χ2v) is 10.9. The van der Waals surface area contributed by atoms with Crippen LogP contribution in [0.2, 0.25) is 0 Å². The lowest BCUT2D eigenvalue weighted by Crippen LogP contribution is -2.15. The van der Waals surface area contributed by atoms with Gasteiger partial charge < -0.3 is 9.88 Å². The van der Waals surface area contributed by atoms with E-state index in [0.29, 0.717) is 28.1 Å². The lowest BCUT2D eigenvalue weighted by molar-refractivity contribution is -0.138. The van der Waals surface area contributed by atoms with Crippen molar-refractivity contribution in [1.82, 2.24) is 9.97 Å². The number of aromatic nitrogens is 2. The zero-order valence-electron chi connectivity index (χ0n) is 17.2. The van der Waals surface area contributed by atoms with Crippen LogP contribution in [0.4, 0.5) is 23.4 Å². The van der Waals surface area contributed by atoms with E-state index in [1.807, 2.05) is 0 Å². The molecule has 3 rings (SSSR count). The highest BCUT2D eigenvalue weighted by atomic mass is 31.2. The molecule has 4 nitrogen and oxygen atoms in total. The molecule has 0 aliphatic rings. The van der Waals surface area contributed by atoms with Crippen molar-refractivity contribution >= 4 is 29.2 Å². The SMILES string of the molecule is Cc1nc(NC(C)c2cccc(C(F)(F)F)c2C)c2cc(P(C)(C)=O)c(F)cc2n1. The largest absolute Gasteiger partial charge is 0.416 e. The van der Waals surface area contributed by atoms with E-state index in [4.69, 9.17) is 0 Å². The number of nitrogens with zero attached hydrogens (tertiary/aromatic N) is 2. The predicted octanol–water partition coefficient (Wildman–Crippen LogP) is 5.83. The Morgan fingerprint density at radius 3 is 2.37 bits per heavy atom. The molecule has 0 fully saturated rings. The molecule has 0 spiro atoms. The first-order valence-electron chi connectivity index (χ1n) is 9.25. The Labute approximate surface area is 172 Å². The van der Waals surface area contributed by atoms with Crippen molar-refractivity contribution in [3.05, 3.63) is 58.7 Å². The van der Waals surface area contributed by atoms with Crippen molar-refractivity contribution in [3.8, 4) is 0 Å². The Kier molecular flexibility index (Phi) is 5.67. The maximum atomic E-state index is 14.5. The molecule has 2 aromatic carbocycles. The van der Waals surface area contributed by atoms with E-state index in [1.165, 1.54) is 38.5 Å². The molecule has 1 aromatic heterocycles. The Hall–Kier alpha value is -2.47. The van der Waals surface area contributed by atoms with E-state index in [9.17, 15) is 22.1 Å². The summed E-state index contributed by atoms with van der Waals surface area (Å²) in [6.07, 6.45) is -4.45. The van der Waals surface area contributed by atoms with Crippen LogP contribution in [0.1, 0.15) is 35.5 Å². The summed E-state index contributed by atoms with van der Waals surface area (Å²) in [6.45, 7) is 7.72. The van der Waals surface area contributed by atoms with Crippen LogP contribution in [0.3, 0.4) is 0 Å². The molecule has 0 saturated heterocycles. The normalized spacial score (nSPS) is 13.5. The number of fused-ring (bicyclic) bond motifs is 1. The van der Waals surface area contributed by atoms with Gasteiger partial charge in [0.25, 0.3) is 0 Å². The second-order valence-electron chi connectivity index (χ2n) is 7.67. The Morgan fingerprint density at radius 2 is 1.77 bits per heavy atom. The second kappa shape index (κ2) is 7.65. The van der Waals surface area contributed by atoms with Gasteiger partial charge in [-0.3, -0.25) is 0 Å². The quantitative estimate of drug-likeness (QED) is 0.411. The van der Waals surface area contributed by atoms with Gasteiger partial charge in [0, 0.05) is 16.8 Å². The average Bonchev–Trinajstić information content (AvgIpc) is 2.58. The molecule has 1 N–H and O–H groups in total. The zero-order valence-corrected chi connectivity index (χ0v) is 18.1. The minimum absolute atomic E-state index is 0.0772. The molecule has 160 valence electrons. The summed E-state index contributed by atoms with van der Waals surface area (Å²) < 4.78 is 66.7. The molecule has 0 aliphatic heterocycles. The minimum atomic E-state index is -4.45. The van der Waals surface area contributed by atoms with E-state index in [-0.39, 0.29) is 10.9 Å². The van der Waals surface area contributed by atoms with Gasteiger partial charge >= 0.3 is 6.18 Å². The molecular formula is C21H22F4N3OP. The van der Waals surface area contributed by atoms with Gasteiger partial charge in [0.15, 0.2) is 0 Å². The highest BCUT2D eigenvalue weighted by molar-refractivity contribution is 7.70. The van der Waals surface area contributed by atoms with Gasteiger partial charge in [-0.1, -0.05) is 12.1 Å². The van der Waals surface area contributed by atoms with E-state index >= 15 is 0 Å². The fourth-order valence-electron chi connectivity index (χ4n) is 3.49. The number of alkyl halides is 3. The summed E-state index contributed by atoms with van der Waals surface area (Å²) >= 11 is 0. The van der Waals surface area contributed by atoms with E-state index < -0.39 is 30.7 Å². The minimum Gasteiger partial charge on any atom is -0.363 e. The van der Waals surface area contributed by atoms with Gasteiger partial charge in [-0.05, 0) is 57.4 Å². The molecule has 9 heteroatoms. The number of benzene rings is 2. The van der Waals surface area contributed by atoms with Crippen LogP contribution >= 0.6 is 7.14 Å². The molecule has 0 radical (unpaired) electrons. The summed E-state index contributed by atoms with van der Waals surface area (Å²) in [7, 11) is -2.90. The smallest absolute Gasteiger partial charge is 0.363 e. The van der Waals surface area contributed by atoms with E-state index in [0.717, 1.165) is 6.07 Å². The first kappa shape index (κ1) is 22.2. The van der Waals surface area contributed by atoms with Crippen molar-refractivity contribution in [2.24, 2.45) is 0 Å². The molecule has 1 atom stereocenters. The van der Waals surface area contributed by atoms with Crippen molar-refractivity contribution in [3.63, 3.8) is 0 Å². The topological polar surface area (TPSA) is 54.9 Å². The highest BCUT2D eigenvalue weighted by Gasteiger charge is 2.33. The van der Waals surface area contributed by atoms with Gasteiger partial charge in [0.2, 0.25) is 0 Å². The van der Waals surface area contributed by atoms with E-state index in [2.05, 4.69) is 15.3 Å². The molecule has 0 aliphatic carbocycles. The van der Waals surface area contributed by atoms with Crippen molar-refractivity contribution in [1.29, 1.82) is 0 Å². The average molecular weight is 439 g/mol. The van der Waals surface area contributed by atoms with Crippen molar-refractivity contribution in [2.75, 3.05) is 18.6 Å². The van der Waals surface area contributed by atoms with Crippen molar-refractivity contribution < 1.29 is 22.1 Å². The van der Waals surface area contributed by atoms with Crippen LogP contribution in [0.5, 0.6) is 0 Å². The number of rotatable bonds is 4. The molecule has 0 saturated carbocycles. The summed E-state index contributed by atoms with van der Waals surface area (Å²) in [4.78, 5) is 8.60. The summed E-state index contributed by atoms with van der Waals surface area (Å²) in [5.74, 6) is 0.111. The van der Waals surface area contributed by atoms with E-state index in [1.54, 1.807) is 19.9 Å². The third kappa shape index (κ3) is 4.33. The first-order valence-corrected chi connectivity index (χ1v) is 11.9. The molecule has 1 unspecified atom stereocenters. The highest BCUT2D eigenvalue weighted by Crippen LogP contribution is 2.38. The number of anilines is 1. The Bertz CT molecular complexity index is 1170. The van der Waals surface area contributed by atoms with Gasteiger partial charge in [0.05, 0.1) is 17.1 Å². The predicted molar refractivity (Wildman–Crippen MR) is 112 cm³/mol. The summed E-state index contributed by atoms with van der Waals surface area (Å²) in [5.41, 5.74) is 0.221. The van der Waals surface area contributed by atoms with Gasteiger partial charge in [-0.25, -0.2) is 14.4 Å². The maximum Gasteiger partial charge on any atom is 0.416 e. The monoisotopic (exact) mass is 439 g/mol. The van der Waals surface area contributed by atoms with Gasteiger partial charge in [-0.15, -0.1) is 0 Å². The van der Waals surface area contributed by atoms with Crippen LogP contribution in [-0.2, 0) is 10.7 Å². The Morgan fingerprint density at radius 1 is 1.10 bits per heavy atom. The molecule has 3 aromatic rings. The summed E-state index contributed by atoms with van der Waals surface area (Å²) in [5, 5.41) is 3.66. The number of aryl methyl sites for hydroxylation is 1. The Balaban J connectivity index is 2.11. The van der Waals surface area contributed by atoms with Crippen molar-refractivity contribution in [2.45, 2.75) is 33.0 Å². The molecular weight excluding hydrogens is 417 g/mol. The zero-order chi connectivity index (χ0) is 22.4. The fraction of sp³-hybridized carbons (Fsp3) is 0.333. The number of nitrogens with one attached hydrogen (secondary N) is 1. The van der Waals surface area contributed by atoms with Crippen LogP contribution < -0.4 is 10.6 Å². The third-order valence-electron chi connectivity index (χ3n) is 4.96. The fourth-order valence-corrected chi connectivity index (χ4v) is 4.51. The summed E-state index contributed by atoms with van der Waals surface area (Å²) in [6, 6.07) is 6.18. The van der Waals surface area contributed by atoms with Crippen LogP contribution in [-0.4, -0.2) is 23.3 Å². The number of hydrogen-bond acceptors (Lipinski definition) is 4.